The Morgan fingerprint density at radius 3 is 2.77 bits per heavy atom. The zero-order valence-electron chi connectivity index (χ0n) is 15.8. The van der Waals surface area contributed by atoms with Crippen LogP contribution in [0.15, 0.2) is 52.9 Å². The average Bonchev–Trinajstić information content (AvgIpc) is 3.34. The third-order valence-electron chi connectivity index (χ3n) is 4.47. The number of benzene rings is 2. The number of fused-ring (bicyclic) bond motifs is 1. The van der Waals surface area contributed by atoms with Crippen molar-refractivity contribution in [1.82, 2.24) is 15.0 Å². The molecule has 0 aliphatic heterocycles. The Balaban J connectivity index is 1.58. The number of rotatable bonds is 6. The van der Waals surface area contributed by atoms with Gasteiger partial charge in [-0.1, -0.05) is 40.9 Å². The maximum atomic E-state index is 12.6. The van der Waals surface area contributed by atoms with Crippen LogP contribution in [-0.4, -0.2) is 26.8 Å². The van der Waals surface area contributed by atoms with Crippen molar-refractivity contribution in [2.24, 2.45) is 5.10 Å². The van der Waals surface area contributed by atoms with Gasteiger partial charge in [-0.05, 0) is 41.8 Å². The number of hydrazone groups is 1. The molecule has 2 aromatic carbocycles. The number of amides is 1. The molecule has 158 valence electrons. The molecule has 2 aromatic heterocycles. The molecule has 0 spiro atoms. The lowest BCUT2D eigenvalue weighted by atomic mass is 10.2. The molecule has 0 saturated carbocycles. The Morgan fingerprint density at radius 2 is 2.00 bits per heavy atom. The monoisotopic (exact) mass is 492 g/mol. The summed E-state index contributed by atoms with van der Waals surface area (Å²) in [6.07, 6.45) is 1.89. The molecule has 31 heavy (non-hydrogen) atoms. The topological polar surface area (TPSA) is 79.5 Å². The number of carbonyl (C=O) groups excluding carboxylic acids is 1. The summed E-state index contributed by atoms with van der Waals surface area (Å²) in [6.45, 7) is -0.0198. The fourth-order valence-electron chi connectivity index (χ4n) is 3.03. The molecular weight excluding hydrogens is 479 g/mol. The maximum absolute atomic E-state index is 12.6. The largest absolute Gasteiger partial charge is 0.507 e. The van der Waals surface area contributed by atoms with Crippen LogP contribution < -0.4 is 5.43 Å². The van der Waals surface area contributed by atoms with Gasteiger partial charge in [0.1, 0.15) is 18.1 Å². The highest BCUT2D eigenvalue weighted by Gasteiger charge is 2.16. The molecule has 4 rings (SSSR count). The highest BCUT2D eigenvalue weighted by Crippen LogP contribution is 2.29. The predicted molar refractivity (Wildman–Crippen MR) is 126 cm³/mol. The molecule has 0 aliphatic rings. The number of thiophene rings is 1. The van der Waals surface area contributed by atoms with Gasteiger partial charge in [-0.2, -0.15) is 5.10 Å². The highest BCUT2D eigenvalue weighted by molar-refractivity contribution is 7.09. The van der Waals surface area contributed by atoms with Gasteiger partial charge in [0.25, 0.3) is 5.91 Å². The van der Waals surface area contributed by atoms with E-state index in [4.69, 9.17) is 34.8 Å². The molecule has 10 heteroatoms. The van der Waals surface area contributed by atoms with E-state index in [0.717, 1.165) is 4.88 Å². The predicted octanol–water partition coefficient (Wildman–Crippen LogP) is 5.50. The zero-order valence-corrected chi connectivity index (χ0v) is 18.9. The van der Waals surface area contributed by atoms with E-state index in [1.165, 1.54) is 12.3 Å². The van der Waals surface area contributed by atoms with Gasteiger partial charge in [0.2, 0.25) is 0 Å². The Hall–Kier alpha value is -2.58. The van der Waals surface area contributed by atoms with E-state index in [2.05, 4.69) is 15.5 Å². The summed E-state index contributed by atoms with van der Waals surface area (Å²) in [5, 5.41) is 17.0. The van der Waals surface area contributed by atoms with Gasteiger partial charge >= 0.3 is 0 Å². The zero-order chi connectivity index (χ0) is 22.0. The van der Waals surface area contributed by atoms with Crippen molar-refractivity contribution < 1.29 is 9.90 Å². The number of aromatic nitrogens is 2. The van der Waals surface area contributed by atoms with Crippen molar-refractivity contribution >= 4 is 69.3 Å². The minimum absolute atomic E-state index is 0.00718. The SMILES string of the molecule is O=C(Cn1c(Cc2cccs2)nc2cc(Cl)c(Cl)cc21)NN=Cc1cc(Cl)ccc1O. The molecule has 0 aliphatic carbocycles. The Kier molecular flexibility index (Phi) is 6.48. The van der Waals surface area contributed by atoms with Crippen molar-refractivity contribution in [3.63, 3.8) is 0 Å². The first-order valence-corrected chi connectivity index (χ1v) is 11.1. The maximum Gasteiger partial charge on any atom is 0.260 e. The van der Waals surface area contributed by atoms with Gasteiger partial charge in [-0.3, -0.25) is 4.79 Å². The number of halogens is 3. The van der Waals surface area contributed by atoms with E-state index in [9.17, 15) is 9.90 Å². The number of phenolic OH excluding ortho intramolecular Hbond substituents is 1. The lowest BCUT2D eigenvalue weighted by molar-refractivity contribution is -0.121. The van der Waals surface area contributed by atoms with Crippen LogP contribution in [0.2, 0.25) is 15.1 Å². The second-order valence-electron chi connectivity index (χ2n) is 6.62. The summed E-state index contributed by atoms with van der Waals surface area (Å²) in [5.41, 5.74) is 4.21. The Bertz CT molecular complexity index is 1290. The van der Waals surface area contributed by atoms with E-state index in [1.54, 1.807) is 40.2 Å². The first-order chi connectivity index (χ1) is 14.9. The molecule has 0 saturated heterocycles. The number of hydrogen-bond acceptors (Lipinski definition) is 5. The number of hydrogen-bond donors (Lipinski definition) is 2. The number of nitrogens with one attached hydrogen (secondary N) is 1. The number of imidazole rings is 1. The third kappa shape index (κ3) is 5.02. The number of phenols is 1. The molecule has 0 unspecified atom stereocenters. The van der Waals surface area contributed by atoms with E-state index in [1.807, 2.05) is 17.5 Å². The summed E-state index contributed by atoms with van der Waals surface area (Å²) in [4.78, 5) is 18.4. The minimum atomic E-state index is -0.365. The average molecular weight is 494 g/mol. The summed E-state index contributed by atoms with van der Waals surface area (Å²) in [5.74, 6) is 0.353. The fraction of sp³-hybridized carbons (Fsp3) is 0.0952. The van der Waals surface area contributed by atoms with Crippen LogP contribution in [0, 0.1) is 0 Å². The van der Waals surface area contributed by atoms with Crippen LogP contribution in [0.4, 0.5) is 0 Å². The van der Waals surface area contributed by atoms with Crippen molar-refractivity contribution in [3.05, 3.63) is 79.2 Å². The molecule has 2 N–H and O–H groups in total. The Morgan fingerprint density at radius 1 is 1.19 bits per heavy atom. The molecule has 0 radical (unpaired) electrons. The molecule has 0 fully saturated rings. The van der Waals surface area contributed by atoms with Crippen LogP contribution in [0.1, 0.15) is 16.3 Å². The minimum Gasteiger partial charge on any atom is -0.507 e. The van der Waals surface area contributed by atoms with Crippen molar-refractivity contribution in [2.45, 2.75) is 13.0 Å². The second kappa shape index (κ2) is 9.28. The molecule has 2 heterocycles. The van der Waals surface area contributed by atoms with E-state index < -0.39 is 0 Å². The standard InChI is InChI=1S/C21H15Cl3N4O2S/c22-13-3-4-19(29)12(6-13)10-25-27-21(30)11-28-18-9-16(24)15(23)8-17(18)26-20(28)7-14-2-1-5-31-14/h1-6,8-10,29H,7,11H2,(H,27,30). The number of carbonyl (C=O) groups is 1. The van der Waals surface area contributed by atoms with E-state index in [-0.39, 0.29) is 18.2 Å². The van der Waals surface area contributed by atoms with Crippen LogP contribution >= 0.6 is 46.1 Å². The normalized spacial score (nSPS) is 11.5. The lowest BCUT2D eigenvalue weighted by Gasteiger charge is -2.08. The van der Waals surface area contributed by atoms with Crippen LogP contribution in [-0.2, 0) is 17.8 Å². The van der Waals surface area contributed by atoms with Crippen LogP contribution in [0.3, 0.4) is 0 Å². The smallest absolute Gasteiger partial charge is 0.260 e. The second-order valence-corrected chi connectivity index (χ2v) is 8.90. The highest BCUT2D eigenvalue weighted by atomic mass is 35.5. The van der Waals surface area contributed by atoms with Crippen molar-refractivity contribution in [1.29, 1.82) is 0 Å². The van der Waals surface area contributed by atoms with E-state index in [0.29, 0.717) is 43.9 Å². The summed E-state index contributed by atoms with van der Waals surface area (Å²) in [6, 6.07) is 11.9. The van der Waals surface area contributed by atoms with Gasteiger partial charge in [0.05, 0.1) is 27.3 Å². The summed E-state index contributed by atoms with van der Waals surface area (Å²) < 4.78 is 1.79. The quantitative estimate of drug-likeness (QED) is 0.275. The molecule has 4 aromatic rings. The fourth-order valence-corrected chi connectivity index (χ4v) is 4.23. The van der Waals surface area contributed by atoms with Gasteiger partial charge < -0.3 is 9.67 Å². The molecule has 0 bridgehead atoms. The molecule has 0 atom stereocenters. The van der Waals surface area contributed by atoms with Crippen LogP contribution in [0.25, 0.3) is 11.0 Å². The van der Waals surface area contributed by atoms with Gasteiger partial charge in [0.15, 0.2) is 0 Å². The van der Waals surface area contributed by atoms with Crippen molar-refractivity contribution in [3.8, 4) is 5.75 Å². The summed E-state index contributed by atoms with van der Waals surface area (Å²) >= 11 is 19.9. The van der Waals surface area contributed by atoms with Crippen molar-refractivity contribution in [2.75, 3.05) is 0 Å². The molecule has 6 nitrogen and oxygen atoms in total. The molecular formula is C21H15Cl3N4O2S. The van der Waals surface area contributed by atoms with Gasteiger partial charge in [-0.15, -0.1) is 11.3 Å². The van der Waals surface area contributed by atoms with E-state index >= 15 is 0 Å². The summed E-state index contributed by atoms with van der Waals surface area (Å²) in [7, 11) is 0. The first kappa shape index (κ1) is 21.6. The number of aromatic hydroxyl groups is 1. The lowest BCUT2D eigenvalue weighted by Crippen LogP contribution is -2.24. The third-order valence-corrected chi connectivity index (χ3v) is 6.30. The van der Waals surface area contributed by atoms with Crippen LogP contribution in [0.5, 0.6) is 5.75 Å². The van der Waals surface area contributed by atoms with Gasteiger partial charge in [-0.25, -0.2) is 10.4 Å². The Labute approximate surface area is 196 Å². The molecule has 1 amide bonds. The first-order valence-electron chi connectivity index (χ1n) is 9.07. The number of nitrogens with zero attached hydrogens (tertiary/aromatic N) is 3. The van der Waals surface area contributed by atoms with Gasteiger partial charge in [0, 0.05) is 21.9 Å².